The Morgan fingerprint density at radius 1 is 1.11 bits per heavy atom. The molecule has 0 saturated carbocycles. The average Bonchev–Trinajstić information content (AvgIpc) is 3.08. The van der Waals surface area contributed by atoms with Gasteiger partial charge in [-0.2, -0.15) is 0 Å². The van der Waals surface area contributed by atoms with Crippen molar-refractivity contribution in [1.82, 2.24) is 15.1 Å². The van der Waals surface area contributed by atoms with E-state index in [4.69, 9.17) is 10.3 Å². The Hall–Kier alpha value is -2.28. The third kappa shape index (κ3) is 3.88. The molecule has 27 heavy (non-hydrogen) atoms. The number of hydrogen-bond acceptors (Lipinski definition) is 5. The van der Waals surface area contributed by atoms with Gasteiger partial charge in [-0.1, -0.05) is 23.4 Å². The Balaban J connectivity index is 0.00000210. The minimum atomic E-state index is -0.304. The predicted molar refractivity (Wildman–Crippen MR) is 112 cm³/mol. The zero-order valence-electron chi connectivity index (χ0n) is 14.6. The van der Waals surface area contributed by atoms with E-state index in [1.54, 1.807) is 6.20 Å². The molecule has 0 radical (unpaired) electrons. The molecule has 5 nitrogen and oxygen atoms in total. The van der Waals surface area contributed by atoms with Gasteiger partial charge >= 0.3 is 0 Å². The van der Waals surface area contributed by atoms with Crippen molar-refractivity contribution in [2.75, 3.05) is 0 Å². The third-order valence-corrected chi connectivity index (χ3v) is 4.85. The van der Waals surface area contributed by atoms with Gasteiger partial charge in [-0.3, -0.25) is 4.98 Å². The smallest absolute Gasteiger partial charge is 0.167 e. The molecule has 1 atom stereocenters. The van der Waals surface area contributed by atoms with Crippen molar-refractivity contribution in [3.05, 3.63) is 76.3 Å². The van der Waals surface area contributed by atoms with Gasteiger partial charge in [0.15, 0.2) is 5.58 Å². The lowest BCUT2D eigenvalue weighted by atomic mass is 9.98. The second kappa shape index (κ2) is 8.17. The summed E-state index contributed by atoms with van der Waals surface area (Å²) in [5.74, 6) is 0. The maximum atomic E-state index is 6.52. The normalized spacial score (nSPS) is 12.0. The van der Waals surface area contributed by atoms with E-state index in [1.807, 2.05) is 55.5 Å². The van der Waals surface area contributed by atoms with Crippen molar-refractivity contribution >= 4 is 39.3 Å². The van der Waals surface area contributed by atoms with Crippen molar-refractivity contribution in [1.29, 1.82) is 0 Å². The van der Waals surface area contributed by atoms with Gasteiger partial charge in [0, 0.05) is 29.3 Å². The quantitative estimate of drug-likeness (QED) is 0.446. The molecule has 0 fully saturated rings. The van der Waals surface area contributed by atoms with E-state index in [1.165, 1.54) is 0 Å². The average molecular weight is 446 g/mol. The fourth-order valence-corrected chi connectivity index (χ4v) is 3.40. The summed E-state index contributed by atoms with van der Waals surface area (Å²) in [6.45, 7) is 2.03. The molecular weight excluding hydrogens is 428 g/mol. The molecule has 4 rings (SSSR count). The topological polar surface area (TPSA) is 77.8 Å². The van der Waals surface area contributed by atoms with Crippen LogP contribution in [0.5, 0.6) is 0 Å². The molecule has 0 bridgehead atoms. The van der Waals surface area contributed by atoms with Gasteiger partial charge in [-0.15, -0.1) is 12.4 Å². The fraction of sp³-hybridized carbons (Fsp3) is 0.150. The molecule has 0 amide bonds. The van der Waals surface area contributed by atoms with E-state index < -0.39 is 0 Å². The molecule has 2 N–H and O–H groups in total. The van der Waals surface area contributed by atoms with Crippen LogP contribution >= 0.6 is 28.3 Å². The summed E-state index contributed by atoms with van der Waals surface area (Å²) in [5, 5.41) is 5.20. The predicted octanol–water partition coefficient (Wildman–Crippen LogP) is 5.02. The summed E-state index contributed by atoms with van der Waals surface area (Å²) in [6, 6.07) is 15.3. The number of aryl methyl sites for hydroxylation is 1. The number of halogens is 2. The number of pyridine rings is 2. The van der Waals surface area contributed by atoms with Gasteiger partial charge in [0.25, 0.3) is 0 Å². The van der Waals surface area contributed by atoms with Gasteiger partial charge in [-0.05, 0) is 58.7 Å². The standard InChI is InChI=1S/C20H17BrN4O.ClH/c1-12-8-9-18(21)24-16(12)11-15(22)20-14(6-4-10-23-20)19-13-5-2-3-7-17(13)26-25-19;/h2-10,15H,11,22H2,1H3;1H/t15-;/m0./s1. The number of hydrogen-bond donors (Lipinski definition) is 1. The first-order valence-electron chi connectivity index (χ1n) is 8.31. The Kier molecular flexibility index (Phi) is 5.89. The lowest BCUT2D eigenvalue weighted by Gasteiger charge is -2.15. The van der Waals surface area contributed by atoms with E-state index >= 15 is 0 Å². The highest BCUT2D eigenvalue weighted by Gasteiger charge is 2.20. The lowest BCUT2D eigenvalue weighted by Crippen LogP contribution is -2.17. The molecule has 7 heteroatoms. The Labute approximate surface area is 171 Å². The molecule has 4 aromatic rings. The van der Waals surface area contributed by atoms with Crippen LogP contribution in [0.3, 0.4) is 0 Å². The van der Waals surface area contributed by atoms with Gasteiger partial charge in [-0.25, -0.2) is 4.98 Å². The van der Waals surface area contributed by atoms with Crippen LogP contribution in [-0.2, 0) is 6.42 Å². The molecule has 0 aliphatic heterocycles. The van der Waals surface area contributed by atoms with E-state index in [0.717, 1.165) is 43.8 Å². The van der Waals surface area contributed by atoms with E-state index in [-0.39, 0.29) is 18.4 Å². The molecule has 0 saturated heterocycles. The third-order valence-electron chi connectivity index (χ3n) is 4.40. The second-order valence-corrected chi connectivity index (χ2v) is 6.98. The summed E-state index contributed by atoms with van der Waals surface area (Å²) in [4.78, 5) is 9.10. The molecule has 3 heterocycles. The summed E-state index contributed by atoms with van der Waals surface area (Å²) < 4.78 is 6.25. The number of nitrogens with zero attached hydrogens (tertiary/aromatic N) is 3. The van der Waals surface area contributed by atoms with Crippen molar-refractivity contribution in [3.8, 4) is 11.3 Å². The van der Waals surface area contributed by atoms with Crippen LogP contribution in [0.2, 0.25) is 0 Å². The highest BCUT2D eigenvalue weighted by atomic mass is 79.9. The number of aromatic nitrogens is 3. The summed E-state index contributed by atoms with van der Waals surface area (Å²) >= 11 is 3.43. The number of rotatable bonds is 4. The number of para-hydroxylation sites is 1. The van der Waals surface area contributed by atoms with Crippen LogP contribution in [0.4, 0.5) is 0 Å². The van der Waals surface area contributed by atoms with Gasteiger partial charge in [0.1, 0.15) is 10.3 Å². The first-order chi connectivity index (χ1) is 12.6. The molecule has 0 spiro atoms. The summed E-state index contributed by atoms with van der Waals surface area (Å²) in [6.07, 6.45) is 2.34. The molecule has 1 aromatic carbocycles. The molecule has 0 unspecified atom stereocenters. The Morgan fingerprint density at radius 3 is 2.78 bits per heavy atom. The van der Waals surface area contributed by atoms with Crippen LogP contribution < -0.4 is 5.73 Å². The van der Waals surface area contributed by atoms with Crippen molar-refractivity contribution < 1.29 is 4.52 Å². The summed E-state index contributed by atoms with van der Waals surface area (Å²) in [7, 11) is 0. The van der Waals surface area contributed by atoms with Crippen LogP contribution in [0.25, 0.3) is 22.2 Å². The van der Waals surface area contributed by atoms with Crippen LogP contribution in [0, 0.1) is 6.92 Å². The number of nitrogens with two attached hydrogens (primary N) is 1. The first-order valence-corrected chi connectivity index (χ1v) is 9.10. The van der Waals surface area contributed by atoms with E-state index in [2.05, 4.69) is 31.1 Å². The zero-order valence-corrected chi connectivity index (χ0v) is 17.0. The maximum Gasteiger partial charge on any atom is 0.167 e. The van der Waals surface area contributed by atoms with Crippen LogP contribution in [0.15, 0.2) is 63.9 Å². The lowest BCUT2D eigenvalue weighted by molar-refractivity contribution is 0.459. The fourth-order valence-electron chi connectivity index (χ4n) is 3.05. The SMILES string of the molecule is Cc1ccc(Br)nc1C[C@H](N)c1ncccc1-c1noc2ccccc12.Cl. The van der Waals surface area contributed by atoms with Gasteiger partial charge in [0.2, 0.25) is 0 Å². The Morgan fingerprint density at radius 2 is 1.93 bits per heavy atom. The second-order valence-electron chi connectivity index (χ2n) is 6.17. The summed E-state index contributed by atoms with van der Waals surface area (Å²) in [5.41, 5.74) is 11.8. The molecular formula is C20H18BrClN4O. The molecule has 0 aliphatic rings. The number of benzene rings is 1. The molecule has 3 aromatic heterocycles. The van der Waals surface area contributed by atoms with Gasteiger partial charge < -0.3 is 10.3 Å². The van der Waals surface area contributed by atoms with Gasteiger partial charge in [0.05, 0.1) is 11.7 Å². The zero-order chi connectivity index (χ0) is 18.1. The minimum absolute atomic E-state index is 0. The molecule has 0 aliphatic carbocycles. The van der Waals surface area contributed by atoms with Crippen LogP contribution in [-0.4, -0.2) is 15.1 Å². The minimum Gasteiger partial charge on any atom is -0.356 e. The largest absolute Gasteiger partial charge is 0.356 e. The maximum absolute atomic E-state index is 6.52. The monoisotopic (exact) mass is 444 g/mol. The Bertz CT molecular complexity index is 1080. The van der Waals surface area contributed by atoms with E-state index in [9.17, 15) is 0 Å². The highest BCUT2D eigenvalue weighted by Crippen LogP contribution is 2.32. The van der Waals surface area contributed by atoms with Crippen molar-refractivity contribution in [2.45, 2.75) is 19.4 Å². The van der Waals surface area contributed by atoms with Crippen molar-refractivity contribution in [2.24, 2.45) is 5.73 Å². The van der Waals surface area contributed by atoms with Crippen LogP contribution in [0.1, 0.15) is 23.0 Å². The molecule has 138 valence electrons. The number of fused-ring (bicyclic) bond motifs is 1. The first kappa shape index (κ1) is 19.5. The highest BCUT2D eigenvalue weighted by molar-refractivity contribution is 9.10. The van der Waals surface area contributed by atoms with Crippen molar-refractivity contribution in [3.63, 3.8) is 0 Å². The van der Waals surface area contributed by atoms with E-state index in [0.29, 0.717) is 6.42 Å².